The highest BCUT2D eigenvalue weighted by Gasteiger charge is 2.41. The molecule has 2 heterocycles. The monoisotopic (exact) mass is 1450 g/mol. The number of rotatable bonds is 24. The molecule has 0 aliphatic carbocycles. The molecule has 2 fully saturated rings. The third-order valence-electron chi connectivity index (χ3n) is 17.5. The van der Waals surface area contributed by atoms with Gasteiger partial charge in [0.15, 0.2) is 5.96 Å². The number of benzene rings is 5. The Balaban J connectivity index is 1.29. The molecule has 10 atom stereocenters. The molecule has 5 aromatic carbocycles. The normalized spacial score (nSPS) is 20.4. The zero-order valence-electron chi connectivity index (χ0n) is 57.9. The molecule has 5 aromatic rings. The molecule has 0 spiro atoms. The topological polar surface area (TPSA) is 505 Å². The molecule has 0 bridgehead atoms. The molecule has 32 nitrogen and oxygen atoms in total. The van der Waals surface area contributed by atoms with Crippen molar-refractivity contribution in [1.29, 1.82) is 0 Å². The van der Waals surface area contributed by atoms with E-state index < -0.39 is 157 Å². The van der Waals surface area contributed by atoms with Gasteiger partial charge >= 0.3 is 5.97 Å². The van der Waals surface area contributed by atoms with Crippen LogP contribution in [0.4, 0.5) is 0 Å². The van der Waals surface area contributed by atoms with Crippen molar-refractivity contribution in [2.75, 3.05) is 26.2 Å². The number of amides is 12. The maximum Gasteiger partial charge on any atom is 0.327 e. The number of carbonyl (C=O) groups excluding carboxylic acids is 12. The Morgan fingerprint density at radius 2 is 1.24 bits per heavy atom. The predicted molar refractivity (Wildman–Crippen MR) is 385 cm³/mol. The first-order chi connectivity index (χ1) is 49.7. The average molecular weight is 1450 g/mol. The van der Waals surface area contributed by atoms with Crippen molar-refractivity contribution in [3.63, 3.8) is 0 Å². The zero-order valence-corrected chi connectivity index (χ0v) is 58.6. The number of carbonyl (C=O) groups is 13. The molecule has 0 radical (unpaired) electrons. The lowest BCUT2D eigenvalue weighted by molar-refractivity contribution is -0.145. The molecule has 104 heavy (non-hydrogen) atoms. The lowest BCUT2D eigenvalue weighted by atomic mass is 9.98. The highest BCUT2D eigenvalue weighted by atomic mass is 35.5. The third kappa shape index (κ3) is 24.5. The Labute approximate surface area is 604 Å². The molecule has 12 amide bonds. The van der Waals surface area contributed by atoms with Crippen molar-refractivity contribution in [3.05, 3.63) is 141 Å². The van der Waals surface area contributed by atoms with E-state index in [1.807, 2.05) is 54.6 Å². The minimum absolute atomic E-state index is 0.0197. The Kier molecular flexibility index (Phi) is 30.2. The highest BCUT2D eigenvalue weighted by Crippen LogP contribution is 2.23. The highest BCUT2D eigenvalue weighted by molar-refractivity contribution is 6.30. The lowest BCUT2D eigenvalue weighted by Crippen LogP contribution is -2.61. The first kappa shape index (κ1) is 80.1. The summed E-state index contributed by atoms with van der Waals surface area (Å²) in [4.78, 5) is 193. The summed E-state index contributed by atoms with van der Waals surface area (Å²) in [5, 5.41) is 42.6. The molecule has 2 saturated heterocycles. The Hall–Kier alpha value is -11.2. The van der Waals surface area contributed by atoms with Gasteiger partial charge in [-0.05, 0) is 118 Å². The van der Waals surface area contributed by atoms with Crippen molar-refractivity contribution in [2.24, 2.45) is 33.2 Å². The molecule has 0 aromatic heterocycles. The fourth-order valence-corrected chi connectivity index (χ4v) is 12.3. The Bertz CT molecular complexity index is 4050. The van der Waals surface area contributed by atoms with Gasteiger partial charge in [0.1, 0.15) is 60.4 Å². The number of likely N-dealkylation sites (tertiary alicyclic amines) is 1. The van der Waals surface area contributed by atoms with E-state index in [1.165, 1.54) is 24.0 Å². The van der Waals surface area contributed by atoms with Crippen LogP contribution >= 0.6 is 11.6 Å². The number of guanidine groups is 1. The Morgan fingerprint density at radius 3 is 1.88 bits per heavy atom. The molecule has 554 valence electrons. The van der Waals surface area contributed by atoms with Gasteiger partial charge in [-0.25, -0.2) is 4.79 Å². The van der Waals surface area contributed by atoms with Crippen LogP contribution in [0.3, 0.4) is 0 Å². The van der Waals surface area contributed by atoms with Crippen molar-refractivity contribution in [1.82, 2.24) is 58.1 Å². The van der Waals surface area contributed by atoms with E-state index in [2.05, 4.69) is 68.2 Å². The largest absolute Gasteiger partial charge is 0.480 e. The van der Waals surface area contributed by atoms with E-state index in [0.29, 0.717) is 28.1 Å². The SMILES string of the molecule is CC(=O)N[C@H](Cc1ccc2ccccc2c1)C(=O)N[C@H](Cc1ccc(Cl)cc1)C(=O)N[C@@H]1CC(=O)NCCCC[C@@H](C(=O)N2CCC[C@H]2C(=O)N[C@@H](CN)C(=O)O)NC(=O)[C@H](CC(C)C)NC(=O)[C@@H](Cc2ccc3ccccc3c2)NC(=O)[C@H](CCCN=C(N)N)NC(=O)[C@H](CC(=O)N=[N+]=[N-])NC1=O. The molecule has 2 aliphatic heterocycles. The van der Waals surface area contributed by atoms with E-state index >= 15 is 19.2 Å². The first-order valence-electron chi connectivity index (χ1n) is 34.2. The number of aliphatic carboxylic acids is 1. The number of hydrogen-bond donors (Lipinski definition) is 14. The average Bonchev–Trinajstić information content (AvgIpc) is 1.57. The van der Waals surface area contributed by atoms with Crippen molar-refractivity contribution in [3.8, 4) is 0 Å². The van der Waals surface area contributed by atoms with Crippen molar-refractivity contribution < 1.29 is 67.4 Å². The Morgan fingerprint density at radius 1 is 0.663 bits per heavy atom. The van der Waals surface area contributed by atoms with Gasteiger partial charge in [0, 0.05) is 68.7 Å². The van der Waals surface area contributed by atoms with Crippen LogP contribution in [0.5, 0.6) is 0 Å². The van der Waals surface area contributed by atoms with Gasteiger partial charge in [0.05, 0.1) is 6.42 Å². The van der Waals surface area contributed by atoms with Crippen LogP contribution in [-0.4, -0.2) is 179 Å². The second-order valence-electron chi connectivity index (χ2n) is 26.0. The van der Waals surface area contributed by atoms with Crippen LogP contribution in [0.1, 0.15) is 102 Å². The van der Waals surface area contributed by atoms with Crippen LogP contribution in [0.15, 0.2) is 119 Å². The maximum atomic E-state index is 15.1. The van der Waals surface area contributed by atoms with Gasteiger partial charge in [0.2, 0.25) is 70.9 Å². The minimum Gasteiger partial charge on any atom is -0.480 e. The van der Waals surface area contributed by atoms with Gasteiger partial charge in [-0.1, -0.05) is 123 Å². The fourth-order valence-electron chi connectivity index (χ4n) is 12.2. The summed E-state index contributed by atoms with van der Waals surface area (Å²) < 4.78 is 0. The lowest BCUT2D eigenvalue weighted by Gasteiger charge is -2.31. The smallest absolute Gasteiger partial charge is 0.327 e. The molecule has 7 rings (SSSR count). The summed E-state index contributed by atoms with van der Waals surface area (Å²) in [6.07, 6.45) is -2.50. The first-order valence-corrected chi connectivity index (χ1v) is 34.6. The molecule has 0 unspecified atom stereocenters. The summed E-state index contributed by atoms with van der Waals surface area (Å²) in [7, 11) is 0. The van der Waals surface area contributed by atoms with Crippen LogP contribution in [0.2, 0.25) is 5.02 Å². The van der Waals surface area contributed by atoms with E-state index in [4.69, 9.17) is 28.8 Å². The van der Waals surface area contributed by atoms with E-state index in [1.54, 1.807) is 56.3 Å². The summed E-state index contributed by atoms with van der Waals surface area (Å²) in [6.45, 7) is 4.02. The number of aliphatic imine (C=N–C) groups is 1. The minimum atomic E-state index is -2.06. The summed E-state index contributed by atoms with van der Waals surface area (Å²) >= 11 is 6.25. The van der Waals surface area contributed by atoms with E-state index in [9.17, 15) is 53.8 Å². The second kappa shape index (κ2) is 39.3. The molecule has 2 aliphatic rings. The fraction of sp³-hybridized carbons (Fsp3) is 0.437. The molecular weight excluding hydrogens is 1360 g/mol. The van der Waals surface area contributed by atoms with Gasteiger partial charge in [0.25, 0.3) is 0 Å². The molecular formula is C71H89ClN18O14. The number of fused-ring (bicyclic) bond motifs is 2. The van der Waals surface area contributed by atoms with Gasteiger partial charge in [-0.15, -0.1) is 0 Å². The molecule has 0 saturated carbocycles. The number of carboxylic acid groups (broad SMARTS) is 1. The van der Waals surface area contributed by atoms with Crippen LogP contribution in [0, 0.1) is 5.92 Å². The number of hydrogen-bond acceptors (Lipinski definition) is 15. The number of carboxylic acids is 1. The quantitative estimate of drug-likeness (QED) is 0.0103. The van der Waals surface area contributed by atoms with Crippen LogP contribution in [0.25, 0.3) is 32.0 Å². The second-order valence-corrected chi connectivity index (χ2v) is 26.5. The maximum absolute atomic E-state index is 15.1. The van der Waals surface area contributed by atoms with Crippen molar-refractivity contribution >= 4 is 116 Å². The number of azide groups is 1. The number of nitrogens with two attached hydrogens (primary N) is 3. The number of nitrogens with zero attached hydrogens (tertiary/aromatic N) is 5. The van der Waals surface area contributed by atoms with Gasteiger partial charge < -0.3 is 80.4 Å². The third-order valence-corrected chi connectivity index (χ3v) is 17.7. The van der Waals surface area contributed by atoms with E-state index in [0.717, 1.165) is 21.5 Å². The molecule has 17 N–H and O–H groups in total. The summed E-state index contributed by atoms with van der Waals surface area (Å²) in [5.41, 5.74) is 27.9. The van der Waals surface area contributed by atoms with Gasteiger partial charge in [-0.2, -0.15) is 0 Å². The van der Waals surface area contributed by atoms with Crippen LogP contribution < -0.4 is 70.4 Å². The summed E-state index contributed by atoms with van der Waals surface area (Å²) in [5.74, 6) is -13.6. The summed E-state index contributed by atoms with van der Waals surface area (Å²) in [6, 6.07) is 16.1. The predicted octanol–water partition coefficient (Wildman–Crippen LogP) is 1.11. The standard InChI is InChI=1S/C71H89ClN18O14/c1-39(2)30-51-62(95)81-50(69(102)90-29-11-18-58(90)68(101)87-57(38-73)70(103)104)16-8-9-27-77-59(92)36-55(85-64(97)53(33-41-21-25-48(72)26-22-41)84-63(96)52(79-40(3)91)34-42-19-23-44-12-4-6-14-46(44)31-42)67(100)86-56(37-60(93)88-89-76)66(99)80-49(17-10-28-78-71(74)75)61(94)83-54(65(98)82-51)35-43-20-24-45-13-5-7-15-47(45)32-43/h4-7,12-15,19-26,31-32,39,49-58H,8-11,16-18,27-30,33-38,73H2,1-3H3,(H,77,92)(H,79,91)(H,80,99)(H,81,95)(H,82,98)(H,83,94)(H,84,96)(H,85,97)(H,86,100)(H,87,101)(H,103,104)(H4,74,75,78)/t49-,50-,51-,52+,53+,54+,55+,56-,57-,58-/m0/s1. The number of nitrogens with one attached hydrogen (secondary N) is 10. The van der Waals surface area contributed by atoms with E-state index in [-0.39, 0.29) is 95.7 Å². The van der Waals surface area contributed by atoms with Crippen molar-refractivity contribution in [2.45, 2.75) is 165 Å². The number of halogens is 1. The molecule has 33 heteroatoms. The van der Waals surface area contributed by atoms with Gasteiger partial charge in [-0.3, -0.25) is 62.5 Å². The zero-order chi connectivity index (χ0) is 75.6. The van der Waals surface area contributed by atoms with Crippen LogP contribution in [-0.2, 0) is 81.6 Å².